The molecule has 1 aromatic carbocycles. The molecule has 0 spiro atoms. The average Bonchev–Trinajstić information content (AvgIpc) is 2.55. The molecule has 108 valence electrons. The summed E-state index contributed by atoms with van der Waals surface area (Å²) in [6, 6.07) is 11.8. The van der Waals surface area contributed by atoms with E-state index in [1.165, 1.54) is 5.69 Å². The van der Waals surface area contributed by atoms with E-state index in [4.69, 9.17) is 0 Å². The summed E-state index contributed by atoms with van der Waals surface area (Å²) >= 11 is 2.24. The predicted molar refractivity (Wildman–Crippen MR) is 91.5 cm³/mol. The second kappa shape index (κ2) is 6.43. The van der Waals surface area contributed by atoms with Gasteiger partial charge in [0, 0.05) is 53.4 Å². The molecule has 0 atom stereocenters. The van der Waals surface area contributed by atoms with Gasteiger partial charge in [-0.05, 0) is 52.9 Å². The highest BCUT2D eigenvalue weighted by molar-refractivity contribution is 14.1. The lowest BCUT2D eigenvalue weighted by Gasteiger charge is -2.36. The van der Waals surface area contributed by atoms with Crippen molar-refractivity contribution in [1.29, 1.82) is 0 Å². The van der Waals surface area contributed by atoms with Gasteiger partial charge in [0.05, 0.1) is 0 Å². The summed E-state index contributed by atoms with van der Waals surface area (Å²) in [6.07, 6.45) is 3.61. The van der Waals surface area contributed by atoms with Crippen molar-refractivity contribution < 1.29 is 4.79 Å². The summed E-state index contributed by atoms with van der Waals surface area (Å²) in [7, 11) is 0. The molecule has 0 aliphatic carbocycles. The van der Waals surface area contributed by atoms with E-state index in [0.29, 0.717) is 0 Å². The Morgan fingerprint density at radius 2 is 1.76 bits per heavy atom. The van der Waals surface area contributed by atoms with Crippen LogP contribution in [0.3, 0.4) is 0 Å². The Balaban J connectivity index is 1.64. The fourth-order valence-corrected chi connectivity index (χ4v) is 3.07. The molecule has 1 saturated heterocycles. The van der Waals surface area contributed by atoms with Crippen molar-refractivity contribution in [3.63, 3.8) is 0 Å². The number of aromatic nitrogens is 1. The Morgan fingerprint density at radius 3 is 2.43 bits per heavy atom. The monoisotopic (exact) mass is 393 g/mol. The number of amides is 1. The zero-order valence-corrected chi connectivity index (χ0v) is 13.7. The molecule has 1 fully saturated rings. The Bertz CT molecular complexity index is 624. The maximum Gasteiger partial charge on any atom is 0.254 e. The van der Waals surface area contributed by atoms with E-state index in [9.17, 15) is 4.79 Å². The van der Waals surface area contributed by atoms with Crippen LogP contribution in [-0.4, -0.2) is 42.0 Å². The number of pyridine rings is 1. The van der Waals surface area contributed by atoms with Crippen molar-refractivity contribution in [3.8, 4) is 0 Å². The van der Waals surface area contributed by atoms with Crippen LogP contribution in [0.25, 0.3) is 0 Å². The van der Waals surface area contributed by atoms with Gasteiger partial charge < -0.3 is 9.80 Å². The van der Waals surface area contributed by atoms with Gasteiger partial charge in [-0.3, -0.25) is 9.78 Å². The number of piperazine rings is 1. The topological polar surface area (TPSA) is 36.4 Å². The van der Waals surface area contributed by atoms with Crippen molar-refractivity contribution >= 4 is 34.2 Å². The third-order valence-electron chi connectivity index (χ3n) is 3.67. The van der Waals surface area contributed by atoms with E-state index in [2.05, 4.69) is 32.5 Å². The minimum atomic E-state index is 0.128. The smallest absolute Gasteiger partial charge is 0.254 e. The maximum absolute atomic E-state index is 12.5. The van der Waals surface area contributed by atoms with Crippen molar-refractivity contribution in [3.05, 3.63) is 57.9 Å². The maximum atomic E-state index is 12.5. The normalized spacial score (nSPS) is 15.1. The number of carbonyl (C=O) groups excluding carboxylic acids is 1. The third-order valence-corrected chi connectivity index (χ3v) is 4.34. The van der Waals surface area contributed by atoms with Crippen molar-refractivity contribution in [2.45, 2.75) is 0 Å². The largest absolute Gasteiger partial charge is 0.368 e. The van der Waals surface area contributed by atoms with Gasteiger partial charge in [-0.2, -0.15) is 0 Å². The van der Waals surface area contributed by atoms with Gasteiger partial charge in [0.2, 0.25) is 0 Å². The minimum absolute atomic E-state index is 0.128. The SMILES string of the molecule is O=C(c1cccc(I)c1)N1CCN(c2ccncc2)CC1. The van der Waals surface area contributed by atoms with Gasteiger partial charge in [0.15, 0.2) is 0 Å². The lowest BCUT2D eigenvalue weighted by Crippen LogP contribution is -2.48. The molecular formula is C16H16IN3O. The number of halogens is 1. The molecule has 0 radical (unpaired) electrons. The van der Waals surface area contributed by atoms with Gasteiger partial charge in [-0.1, -0.05) is 6.07 Å². The fraction of sp³-hybridized carbons (Fsp3) is 0.250. The fourth-order valence-electron chi connectivity index (χ4n) is 2.53. The number of anilines is 1. The van der Waals surface area contributed by atoms with Crippen LogP contribution < -0.4 is 4.90 Å². The van der Waals surface area contributed by atoms with Crippen LogP contribution in [0, 0.1) is 3.57 Å². The standard InChI is InChI=1S/C16H16IN3O/c17-14-3-1-2-13(12-14)16(21)20-10-8-19(9-11-20)15-4-6-18-7-5-15/h1-7,12H,8-11H2. The zero-order chi connectivity index (χ0) is 14.7. The van der Waals surface area contributed by atoms with Crippen LogP contribution in [0.1, 0.15) is 10.4 Å². The molecule has 4 nitrogen and oxygen atoms in total. The summed E-state index contributed by atoms with van der Waals surface area (Å²) in [6.45, 7) is 3.23. The molecular weight excluding hydrogens is 377 g/mol. The van der Waals surface area contributed by atoms with E-state index >= 15 is 0 Å². The van der Waals surface area contributed by atoms with Gasteiger partial charge in [0.1, 0.15) is 0 Å². The van der Waals surface area contributed by atoms with Crippen molar-refractivity contribution in [2.75, 3.05) is 31.1 Å². The van der Waals surface area contributed by atoms with E-state index in [1.807, 2.05) is 41.3 Å². The summed E-state index contributed by atoms with van der Waals surface area (Å²) in [5, 5.41) is 0. The minimum Gasteiger partial charge on any atom is -0.368 e. The van der Waals surface area contributed by atoms with E-state index < -0.39 is 0 Å². The van der Waals surface area contributed by atoms with Crippen LogP contribution >= 0.6 is 22.6 Å². The molecule has 0 bridgehead atoms. The van der Waals surface area contributed by atoms with Gasteiger partial charge in [-0.15, -0.1) is 0 Å². The first-order valence-electron chi connectivity index (χ1n) is 6.94. The number of benzene rings is 1. The first-order chi connectivity index (χ1) is 10.2. The molecule has 1 aromatic heterocycles. The Hall–Kier alpha value is -1.63. The average molecular weight is 393 g/mol. The van der Waals surface area contributed by atoms with Crippen LogP contribution in [0.5, 0.6) is 0 Å². The lowest BCUT2D eigenvalue weighted by molar-refractivity contribution is 0.0746. The molecule has 21 heavy (non-hydrogen) atoms. The summed E-state index contributed by atoms with van der Waals surface area (Å²) < 4.78 is 1.09. The first kappa shape index (κ1) is 14.3. The van der Waals surface area contributed by atoms with E-state index in [-0.39, 0.29) is 5.91 Å². The van der Waals surface area contributed by atoms with Crippen molar-refractivity contribution in [2.24, 2.45) is 0 Å². The highest BCUT2D eigenvalue weighted by Gasteiger charge is 2.22. The first-order valence-corrected chi connectivity index (χ1v) is 8.02. The Labute approximate surface area is 137 Å². The molecule has 2 aromatic rings. The van der Waals surface area contributed by atoms with Gasteiger partial charge in [0.25, 0.3) is 5.91 Å². The number of hydrogen-bond acceptors (Lipinski definition) is 3. The Kier molecular flexibility index (Phi) is 4.38. The predicted octanol–water partition coefficient (Wildman–Crippen LogP) is 2.65. The molecule has 0 unspecified atom stereocenters. The van der Waals surface area contributed by atoms with E-state index in [1.54, 1.807) is 12.4 Å². The van der Waals surface area contributed by atoms with Crippen LogP contribution in [0.15, 0.2) is 48.8 Å². The number of rotatable bonds is 2. The van der Waals surface area contributed by atoms with Crippen LogP contribution in [0.2, 0.25) is 0 Å². The zero-order valence-electron chi connectivity index (χ0n) is 11.6. The van der Waals surface area contributed by atoms with Gasteiger partial charge >= 0.3 is 0 Å². The second-order valence-corrected chi connectivity index (χ2v) is 6.24. The van der Waals surface area contributed by atoms with Crippen LogP contribution in [0.4, 0.5) is 5.69 Å². The highest BCUT2D eigenvalue weighted by Crippen LogP contribution is 2.17. The van der Waals surface area contributed by atoms with Crippen molar-refractivity contribution in [1.82, 2.24) is 9.88 Å². The molecule has 2 heterocycles. The molecule has 3 rings (SSSR count). The van der Waals surface area contributed by atoms with E-state index in [0.717, 1.165) is 35.3 Å². The molecule has 1 aliphatic rings. The Morgan fingerprint density at radius 1 is 1.05 bits per heavy atom. The summed E-state index contributed by atoms with van der Waals surface area (Å²) in [5.41, 5.74) is 1.95. The van der Waals surface area contributed by atoms with Gasteiger partial charge in [-0.25, -0.2) is 0 Å². The molecule has 1 amide bonds. The highest BCUT2D eigenvalue weighted by atomic mass is 127. The third kappa shape index (κ3) is 3.34. The quantitative estimate of drug-likeness (QED) is 0.737. The molecule has 5 heteroatoms. The number of hydrogen-bond donors (Lipinski definition) is 0. The lowest BCUT2D eigenvalue weighted by atomic mass is 10.2. The summed E-state index contributed by atoms with van der Waals surface area (Å²) in [4.78, 5) is 20.8. The molecule has 0 N–H and O–H groups in total. The number of nitrogens with zero attached hydrogens (tertiary/aromatic N) is 3. The molecule has 1 aliphatic heterocycles. The van der Waals surface area contributed by atoms with Crippen LogP contribution in [-0.2, 0) is 0 Å². The number of carbonyl (C=O) groups is 1. The molecule has 0 saturated carbocycles. The summed E-state index contributed by atoms with van der Waals surface area (Å²) in [5.74, 6) is 0.128. The second-order valence-electron chi connectivity index (χ2n) is 5.00.